The molecule has 5 heteroatoms. The standard InChI is InChI=1S/C16H23F4N/c1-4-6-11(3)15(21-9-5-2)12-7-8-14(17)13(10-12)16(18,19)20/h7-8,10-11,15,21H,4-6,9H2,1-3H3. The van der Waals surface area contributed by atoms with E-state index < -0.39 is 17.6 Å². The Morgan fingerprint density at radius 3 is 2.33 bits per heavy atom. The summed E-state index contributed by atoms with van der Waals surface area (Å²) in [6.07, 6.45) is -1.91. The van der Waals surface area contributed by atoms with E-state index in [1.807, 2.05) is 20.8 Å². The minimum atomic E-state index is -4.66. The van der Waals surface area contributed by atoms with Crippen LogP contribution in [0.3, 0.4) is 0 Å². The predicted octanol–water partition coefficient (Wildman–Crippen LogP) is 5.32. The molecule has 0 aliphatic heterocycles. The van der Waals surface area contributed by atoms with Crippen LogP contribution in [0, 0.1) is 11.7 Å². The quantitative estimate of drug-likeness (QED) is 0.672. The molecular weight excluding hydrogens is 282 g/mol. The lowest BCUT2D eigenvalue weighted by Crippen LogP contribution is -2.28. The second-order valence-corrected chi connectivity index (χ2v) is 5.43. The highest BCUT2D eigenvalue weighted by Crippen LogP contribution is 2.34. The third-order valence-electron chi connectivity index (χ3n) is 3.58. The zero-order valence-corrected chi connectivity index (χ0v) is 12.7. The van der Waals surface area contributed by atoms with Crippen molar-refractivity contribution in [2.45, 2.75) is 52.3 Å². The molecule has 0 saturated heterocycles. The van der Waals surface area contributed by atoms with Crippen LogP contribution in [0.1, 0.15) is 57.2 Å². The summed E-state index contributed by atoms with van der Waals surface area (Å²) in [4.78, 5) is 0. The number of hydrogen-bond acceptors (Lipinski definition) is 1. The van der Waals surface area contributed by atoms with E-state index >= 15 is 0 Å². The molecule has 120 valence electrons. The van der Waals surface area contributed by atoms with Gasteiger partial charge in [0.15, 0.2) is 0 Å². The van der Waals surface area contributed by atoms with Crippen molar-refractivity contribution in [3.63, 3.8) is 0 Å². The van der Waals surface area contributed by atoms with Gasteiger partial charge in [-0.3, -0.25) is 0 Å². The molecular formula is C16H23F4N. The summed E-state index contributed by atoms with van der Waals surface area (Å²) >= 11 is 0. The fraction of sp³-hybridized carbons (Fsp3) is 0.625. The summed E-state index contributed by atoms with van der Waals surface area (Å²) in [5, 5.41) is 3.28. The van der Waals surface area contributed by atoms with Gasteiger partial charge in [0, 0.05) is 6.04 Å². The van der Waals surface area contributed by atoms with Crippen LogP contribution in [-0.2, 0) is 6.18 Å². The molecule has 0 amide bonds. The van der Waals surface area contributed by atoms with Crippen molar-refractivity contribution < 1.29 is 17.6 Å². The van der Waals surface area contributed by atoms with Crippen LogP contribution in [0.5, 0.6) is 0 Å². The van der Waals surface area contributed by atoms with E-state index in [1.165, 1.54) is 6.07 Å². The van der Waals surface area contributed by atoms with Gasteiger partial charge >= 0.3 is 6.18 Å². The largest absolute Gasteiger partial charge is 0.419 e. The Balaban J connectivity index is 3.12. The van der Waals surface area contributed by atoms with Crippen molar-refractivity contribution in [2.24, 2.45) is 5.92 Å². The maximum Gasteiger partial charge on any atom is 0.419 e. The summed E-state index contributed by atoms with van der Waals surface area (Å²) in [6, 6.07) is 3.11. The molecule has 2 unspecified atom stereocenters. The number of nitrogens with one attached hydrogen (secondary N) is 1. The van der Waals surface area contributed by atoms with Crippen molar-refractivity contribution in [3.05, 3.63) is 35.1 Å². The Kier molecular flexibility index (Phi) is 6.65. The lowest BCUT2D eigenvalue weighted by Gasteiger charge is -2.26. The minimum Gasteiger partial charge on any atom is -0.310 e. The molecule has 0 fully saturated rings. The molecule has 0 bridgehead atoms. The molecule has 0 saturated carbocycles. The van der Waals surface area contributed by atoms with E-state index in [2.05, 4.69) is 5.32 Å². The van der Waals surface area contributed by atoms with Crippen LogP contribution in [-0.4, -0.2) is 6.54 Å². The van der Waals surface area contributed by atoms with Gasteiger partial charge in [-0.2, -0.15) is 13.2 Å². The SMILES string of the molecule is CCCNC(c1ccc(F)c(C(F)(F)F)c1)C(C)CCC. The van der Waals surface area contributed by atoms with Crippen molar-refractivity contribution in [2.75, 3.05) is 6.54 Å². The average molecular weight is 305 g/mol. The number of halogens is 4. The van der Waals surface area contributed by atoms with Gasteiger partial charge in [-0.25, -0.2) is 4.39 Å². The lowest BCUT2D eigenvalue weighted by molar-refractivity contribution is -0.140. The predicted molar refractivity (Wildman–Crippen MR) is 76.5 cm³/mol. The minimum absolute atomic E-state index is 0.188. The molecule has 0 heterocycles. The maximum atomic E-state index is 13.4. The van der Waals surface area contributed by atoms with E-state index in [1.54, 1.807) is 0 Å². The van der Waals surface area contributed by atoms with Crippen LogP contribution < -0.4 is 5.32 Å². The summed E-state index contributed by atoms with van der Waals surface area (Å²) in [7, 11) is 0. The van der Waals surface area contributed by atoms with Gasteiger partial charge in [0.25, 0.3) is 0 Å². The van der Waals surface area contributed by atoms with E-state index in [-0.39, 0.29) is 12.0 Å². The van der Waals surface area contributed by atoms with E-state index in [4.69, 9.17) is 0 Å². The number of benzene rings is 1. The van der Waals surface area contributed by atoms with Crippen molar-refractivity contribution >= 4 is 0 Å². The topological polar surface area (TPSA) is 12.0 Å². The molecule has 2 atom stereocenters. The van der Waals surface area contributed by atoms with Gasteiger partial charge in [-0.05, 0) is 43.0 Å². The summed E-state index contributed by atoms with van der Waals surface area (Å²) in [6.45, 7) is 6.77. The van der Waals surface area contributed by atoms with Crippen LogP contribution in [0.15, 0.2) is 18.2 Å². The molecule has 1 aromatic rings. The smallest absolute Gasteiger partial charge is 0.310 e. The summed E-state index contributed by atoms with van der Waals surface area (Å²) < 4.78 is 51.9. The first-order chi connectivity index (χ1) is 9.81. The van der Waals surface area contributed by atoms with Crippen LogP contribution in [0.4, 0.5) is 17.6 Å². The van der Waals surface area contributed by atoms with E-state index in [0.717, 1.165) is 37.9 Å². The molecule has 0 aliphatic carbocycles. The lowest BCUT2D eigenvalue weighted by atomic mass is 9.90. The molecule has 1 nitrogen and oxygen atoms in total. The molecule has 0 radical (unpaired) electrons. The third kappa shape index (κ3) is 4.99. The highest BCUT2D eigenvalue weighted by atomic mass is 19.4. The third-order valence-corrected chi connectivity index (χ3v) is 3.58. The molecule has 0 spiro atoms. The second-order valence-electron chi connectivity index (χ2n) is 5.43. The Hall–Kier alpha value is -1.10. The Bertz CT molecular complexity index is 442. The van der Waals surface area contributed by atoms with Crippen molar-refractivity contribution in [3.8, 4) is 0 Å². The Morgan fingerprint density at radius 1 is 1.14 bits per heavy atom. The fourth-order valence-corrected chi connectivity index (χ4v) is 2.52. The van der Waals surface area contributed by atoms with Crippen LogP contribution in [0.25, 0.3) is 0 Å². The molecule has 0 aliphatic rings. The molecule has 21 heavy (non-hydrogen) atoms. The first-order valence-corrected chi connectivity index (χ1v) is 7.41. The second kappa shape index (κ2) is 7.78. The highest BCUT2D eigenvalue weighted by molar-refractivity contribution is 5.30. The van der Waals surface area contributed by atoms with Gasteiger partial charge in [0.2, 0.25) is 0 Å². The van der Waals surface area contributed by atoms with Crippen LogP contribution >= 0.6 is 0 Å². The van der Waals surface area contributed by atoms with Gasteiger partial charge in [-0.1, -0.05) is 33.3 Å². The van der Waals surface area contributed by atoms with Crippen LogP contribution in [0.2, 0.25) is 0 Å². The van der Waals surface area contributed by atoms with Gasteiger partial charge < -0.3 is 5.32 Å². The fourth-order valence-electron chi connectivity index (χ4n) is 2.52. The molecule has 1 aromatic carbocycles. The van der Waals surface area contributed by atoms with Gasteiger partial charge in [0.1, 0.15) is 5.82 Å². The van der Waals surface area contributed by atoms with Gasteiger partial charge in [-0.15, -0.1) is 0 Å². The highest BCUT2D eigenvalue weighted by Gasteiger charge is 2.35. The number of rotatable bonds is 7. The van der Waals surface area contributed by atoms with E-state index in [0.29, 0.717) is 5.56 Å². The normalized spacial score (nSPS) is 15.0. The molecule has 1 rings (SSSR count). The zero-order valence-electron chi connectivity index (χ0n) is 12.7. The molecule has 1 N–H and O–H groups in total. The first kappa shape index (κ1) is 18.0. The maximum absolute atomic E-state index is 13.4. The zero-order chi connectivity index (χ0) is 16.0. The van der Waals surface area contributed by atoms with E-state index in [9.17, 15) is 17.6 Å². The Labute approximate surface area is 123 Å². The molecule has 0 aromatic heterocycles. The average Bonchev–Trinajstić information content (AvgIpc) is 2.39. The van der Waals surface area contributed by atoms with Crippen molar-refractivity contribution in [1.82, 2.24) is 5.32 Å². The van der Waals surface area contributed by atoms with Gasteiger partial charge in [0.05, 0.1) is 5.56 Å². The van der Waals surface area contributed by atoms with Crippen molar-refractivity contribution in [1.29, 1.82) is 0 Å². The number of alkyl halides is 3. The Morgan fingerprint density at radius 2 is 1.81 bits per heavy atom. The summed E-state index contributed by atoms with van der Waals surface area (Å²) in [5.41, 5.74) is -0.690. The number of hydrogen-bond donors (Lipinski definition) is 1. The summed E-state index contributed by atoms with van der Waals surface area (Å²) in [5.74, 6) is -1.03. The monoisotopic (exact) mass is 305 g/mol. The first-order valence-electron chi connectivity index (χ1n) is 7.41.